The Hall–Kier alpha value is -0.810. The Morgan fingerprint density at radius 1 is 1.64 bits per heavy atom. The van der Waals surface area contributed by atoms with Gasteiger partial charge in [-0.25, -0.2) is 0 Å². The molecular weight excluding hydrogens is 198 g/mol. The molecule has 5 heteroatoms. The summed E-state index contributed by atoms with van der Waals surface area (Å²) in [5.41, 5.74) is 6.73. The second-order valence-electron chi connectivity index (χ2n) is 3.64. The molecular formula is C9H15N3OS. The van der Waals surface area contributed by atoms with E-state index in [0.717, 1.165) is 23.6 Å². The molecule has 2 unspecified atom stereocenters. The van der Waals surface area contributed by atoms with Crippen LogP contribution in [0.1, 0.15) is 18.9 Å². The maximum atomic E-state index is 5.68. The molecule has 2 rings (SSSR count). The minimum Gasteiger partial charge on any atom is -0.383 e. The molecule has 0 saturated carbocycles. The number of nitrogens with zero attached hydrogens (tertiary/aromatic N) is 1. The van der Waals surface area contributed by atoms with E-state index in [1.807, 2.05) is 6.92 Å². The van der Waals surface area contributed by atoms with Crippen molar-refractivity contribution < 1.29 is 4.74 Å². The SMILES string of the molecule is Cc1c(N)nsc1NC1CCOC1C. The first kappa shape index (κ1) is 9.73. The highest BCUT2D eigenvalue weighted by Gasteiger charge is 2.25. The van der Waals surface area contributed by atoms with Gasteiger partial charge in [-0.2, -0.15) is 4.37 Å². The van der Waals surface area contributed by atoms with Crippen molar-refractivity contribution in [3.8, 4) is 0 Å². The lowest BCUT2D eigenvalue weighted by Gasteiger charge is -2.16. The summed E-state index contributed by atoms with van der Waals surface area (Å²) in [5.74, 6) is 0.629. The number of hydrogen-bond donors (Lipinski definition) is 2. The molecule has 0 spiro atoms. The molecule has 1 aliphatic rings. The second-order valence-corrected chi connectivity index (χ2v) is 4.41. The number of hydrogen-bond acceptors (Lipinski definition) is 5. The van der Waals surface area contributed by atoms with Crippen LogP contribution in [-0.2, 0) is 4.74 Å². The van der Waals surface area contributed by atoms with E-state index in [1.54, 1.807) is 0 Å². The van der Waals surface area contributed by atoms with E-state index in [4.69, 9.17) is 10.5 Å². The van der Waals surface area contributed by atoms with E-state index in [9.17, 15) is 0 Å². The van der Waals surface area contributed by atoms with Gasteiger partial charge in [-0.15, -0.1) is 0 Å². The fraction of sp³-hybridized carbons (Fsp3) is 0.667. The number of nitrogens with one attached hydrogen (secondary N) is 1. The quantitative estimate of drug-likeness (QED) is 0.783. The van der Waals surface area contributed by atoms with Crippen LogP contribution >= 0.6 is 11.5 Å². The highest BCUT2D eigenvalue weighted by Crippen LogP contribution is 2.28. The van der Waals surface area contributed by atoms with Gasteiger partial charge in [0.05, 0.1) is 12.1 Å². The van der Waals surface area contributed by atoms with Crippen molar-refractivity contribution in [1.82, 2.24) is 4.37 Å². The highest BCUT2D eigenvalue weighted by molar-refractivity contribution is 7.10. The van der Waals surface area contributed by atoms with E-state index in [2.05, 4.69) is 16.6 Å². The van der Waals surface area contributed by atoms with Gasteiger partial charge in [0.2, 0.25) is 0 Å². The lowest BCUT2D eigenvalue weighted by atomic mass is 10.1. The molecule has 0 bridgehead atoms. The Labute approximate surface area is 87.6 Å². The number of nitrogens with two attached hydrogens (primary N) is 1. The molecule has 0 amide bonds. The second kappa shape index (κ2) is 3.74. The van der Waals surface area contributed by atoms with E-state index < -0.39 is 0 Å². The van der Waals surface area contributed by atoms with Gasteiger partial charge in [-0.05, 0) is 31.8 Å². The van der Waals surface area contributed by atoms with Crippen LogP contribution in [0.3, 0.4) is 0 Å². The summed E-state index contributed by atoms with van der Waals surface area (Å²) in [5, 5.41) is 4.50. The summed E-state index contributed by atoms with van der Waals surface area (Å²) in [6.07, 6.45) is 1.33. The maximum Gasteiger partial charge on any atom is 0.142 e. The van der Waals surface area contributed by atoms with Gasteiger partial charge >= 0.3 is 0 Å². The zero-order chi connectivity index (χ0) is 10.1. The zero-order valence-corrected chi connectivity index (χ0v) is 9.23. The van der Waals surface area contributed by atoms with Crippen molar-refractivity contribution in [1.29, 1.82) is 0 Å². The lowest BCUT2D eigenvalue weighted by molar-refractivity contribution is 0.121. The van der Waals surface area contributed by atoms with Crippen molar-refractivity contribution in [2.75, 3.05) is 17.7 Å². The molecule has 2 heterocycles. The first-order chi connectivity index (χ1) is 6.68. The Kier molecular flexibility index (Phi) is 2.60. The van der Waals surface area contributed by atoms with E-state index in [1.165, 1.54) is 11.5 Å². The largest absolute Gasteiger partial charge is 0.383 e. The number of rotatable bonds is 2. The van der Waals surface area contributed by atoms with Gasteiger partial charge in [0.1, 0.15) is 10.8 Å². The third kappa shape index (κ3) is 1.69. The van der Waals surface area contributed by atoms with E-state index >= 15 is 0 Å². The standard InChI is InChI=1S/C9H15N3OS/c1-5-8(10)12-14-9(5)11-7-3-4-13-6(7)2/h6-7,11H,3-4H2,1-2H3,(H2,10,12). The minimum atomic E-state index is 0.276. The van der Waals surface area contributed by atoms with E-state index in [-0.39, 0.29) is 6.10 Å². The van der Waals surface area contributed by atoms with Gasteiger partial charge in [0, 0.05) is 12.2 Å². The normalized spacial score (nSPS) is 26.7. The van der Waals surface area contributed by atoms with Crippen molar-refractivity contribution in [3.63, 3.8) is 0 Å². The van der Waals surface area contributed by atoms with Crippen LogP contribution in [0.4, 0.5) is 10.8 Å². The molecule has 0 radical (unpaired) electrons. The van der Waals surface area contributed by atoms with Gasteiger partial charge in [0.25, 0.3) is 0 Å². The van der Waals surface area contributed by atoms with Crippen LogP contribution in [0, 0.1) is 6.92 Å². The number of nitrogen functional groups attached to an aromatic ring is 1. The fourth-order valence-corrected chi connectivity index (χ4v) is 2.34. The van der Waals surface area contributed by atoms with Gasteiger partial charge in [-0.3, -0.25) is 0 Å². The molecule has 1 aromatic heterocycles. The molecule has 1 aromatic rings. The summed E-state index contributed by atoms with van der Waals surface area (Å²) in [6, 6.07) is 0.397. The van der Waals surface area contributed by atoms with E-state index in [0.29, 0.717) is 11.9 Å². The van der Waals surface area contributed by atoms with Crippen molar-refractivity contribution in [2.45, 2.75) is 32.4 Å². The van der Waals surface area contributed by atoms with Crippen molar-refractivity contribution >= 4 is 22.4 Å². The molecule has 0 aromatic carbocycles. The molecule has 1 saturated heterocycles. The topological polar surface area (TPSA) is 60.2 Å². The fourth-order valence-electron chi connectivity index (χ4n) is 1.57. The molecule has 14 heavy (non-hydrogen) atoms. The smallest absolute Gasteiger partial charge is 0.142 e. The molecule has 0 aliphatic carbocycles. The summed E-state index contributed by atoms with van der Waals surface area (Å²) in [4.78, 5) is 0. The van der Waals surface area contributed by atoms with Crippen LogP contribution in [0.2, 0.25) is 0 Å². The Balaban J connectivity index is 2.07. The Bertz CT molecular complexity index is 326. The van der Waals surface area contributed by atoms with Crippen LogP contribution in [-0.4, -0.2) is 23.1 Å². The van der Waals surface area contributed by atoms with Crippen LogP contribution in [0.15, 0.2) is 0 Å². The lowest BCUT2D eigenvalue weighted by Crippen LogP contribution is -2.26. The summed E-state index contributed by atoms with van der Waals surface area (Å²) >= 11 is 1.42. The van der Waals surface area contributed by atoms with Gasteiger partial charge in [-0.1, -0.05) is 0 Å². The van der Waals surface area contributed by atoms with Crippen LogP contribution in [0.5, 0.6) is 0 Å². The number of aromatic nitrogens is 1. The molecule has 2 atom stereocenters. The average molecular weight is 213 g/mol. The molecule has 1 fully saturated rings. The monoisotopic (exact) mass is 213 g/mol. The number of anilines is 2. The first-order valence-electron chi connectivity index (χ1n) is 4.78. The molecule has 4 nitrogen and oxygen atoms in total. The highest BCUT2D eigenvalue weighted by atomic mass is 32.1. The van der Waals surface area contributed by atoms with Crippen LogP contribution < -0.4 is 11.1 Å². The Morgan fingerprint density at radius 3 is 2.93 bits per heavy atom. The van der Waals surface area contributed by atoms with Gasteiger partial charge < -0.3 is 15.8 Å². The van der Waals surface area contributed by atoms with Gasteiger partial charge in [0.15, 0.2) is 0 Å². The predicted octanol–water partition coefficient (Wildman–Crippen LogP) is 1.62. The first-order valence-corrected chi connectivity index (χ1v) is 5.55. The summed E-state index contributed by atoms with van der Waals surface area (Å²) < 4.78 is 9.57. The molecule has 1 aliphatic heterocycles. The summed E-state index contributed by atoms with van der Waals surface area (Å²) in [7, 11) is 0. The predicted molar refractivity (Wildman–Crippen MR) is 58.7 cm³/mol. The molecule has 78 valence electrons. The minimum absolute atomic E-state index is 0.276. The van der Waals surface area contributed by atoms with Crippen molar-refractivity contribution in [3.05, 3.63) is 5.56 Å². The Morgan fingerprint density at radius 2 is 2.43 bits per heavy atom. The van der Waals surface area contributed by atoms with Crippen LogP contribution in [0.25, 0.3) is 0 Å². The average Bonchev–Trinajstić information content (AvgIpc) is 2.68. The third-order valence-corrected chi connectivity index (χ3v) is 3.55. The maximum absolute atomic E-state index is 5.68. The summed E-state index contributed by atoms with van der Waals surface area (Å²) in [6.45, 7) is 4.91. The zero-order valence-electron chi connectivity index (χ0n) is 8.41. The number of ether oxygens (including phenoxy) is 1. The third-order valence-electron chi connectivity index (χ3n) is 2.65. The van der Waals surface area contributed by atoms with Crippen molar-refractivity contribution in [2.24, 2.45) is 0 Å². The molecule has 3 N–H and O–H groups in total.